The first-order valence-electron chi connectivity index (χ1n) is 4.53. The van der Waals surface area contributed by atoms with Gasteiger partial charge in [-0.3, -0.25) is 0 Å². The molecule has 3 heteroatoms. The Morgan fingerprint density at radius 1 is 1.21 bits per heavy atom. The lowest BCUT2D eigenvalue weighted by Crippen LogP contribution is -1.90. The highest BCUT2D eigenvalue weighted by molar-refractivity contribution is 5.18. The molecule has 0 unspecified atom stereocenters. The molecule has 0 saturated heterocycles. The van der Waals surface area contributed by atoms with Crippen molar-refractivity contribution in [2.75, 3.05) is 0 Å². The zero-order chi connectivity index (χ0) is 9.80. The van der Waals surface area contributed by atoms with Crippen molar-refractivity contribution in [3.63, 3.8) is 0 Å². The molecule has 2 rings (SSSR count). The van der Waals surface area contributed by atoms with Crippen LogP contribution in [0.1, 0.15) is 17.3 Å². The van der Waals surface area contributed by atoms with Gasteiger partial charge in [0.15, 0.2) is 5.82 Å². The molecule has 1 aromatic carbocycles. The topological polar surface area (TPSA) is 38.9 Å². The molecule has 0 aliphatic heterocycles. The third-order valence-corrected chi connectivity index (χ3v) is 1.93. The summed E-state index contributed by atoms with van der Waals surface area (Å²) in [5.74, 6) is 1.31. The van der Waals surface area contributed by atoms with Gasteiger partial charge in [-0.1, -0.05) is 35.5 Å². The van der Waals surface area contributed by atoms with E-state index in [1.165, 1.54) is 5.56 Å². The van der Waals surface area contributed by atoms with Gasteiger partial charge in [-0.2, -0.15) is 4.98 Å². The van der Waals surface area contributed by atoms with E-state index in [0.717, 1.165) is 5.82 Å². The molecular weight excluding hydrogens is 176 g/mol. The smallest absolute Gasteiger partial charge is 0.226 e. The van der Waals surface area contributed by atoms with E-state index in [2.05, 4.69) is 17.1 Å². The zero-order valence-electron chi connectivity index (χ0n) is 7.81. The Balaban J connectivity index is 2.11. The molecule has 0 fully saturated rings. The maximum atomic E-state index is 4.96. The molecular formula is C11H11N2O. The minimum atomic E-state index is 0.543. The lowest BCUT2D eigenvalue weighted by Gasteiger charge is -1.93. The van der Waals surface area contributed by atoms with E-state index in [0.29, 0.717) is 18.7 Å². The fraction of sp³-hybridized carbons (Fsp3) is 0.182. The van der Waals surface area contributed by atoms with Gasteiger partial charge in [0.1, 0.15) is 0 Å². The molecule has 1 aromatic heterocycles. The van der Waals surface area contributed by atoms with E-state index in [-0.39, 0.29) is 0 Å². The average Bonchev–Trinajstić information content (AvgIpc) is 2.67. The maximum absolute atomic E-state index is 4.96. The van der Waals surface area contributed by atoms with Crippen molar-refractivity contribution in [1.29, 1.82) is 0 Å². The van der Waals surface area contributed by atoms with Crippen molar-refractivity contribution in [3.05, 3.63) is 54.5 Å². The predicted octanol–water partition coefficient (Wildman–Crippen LogP) is 2.04. The first-order valence-corrected chi connectivity index (χ1v) is 4.53. The van der Waals surface area contributed by atoms with Gasteiger partial charge in [-0.25, -0.2) is 0 Å². The Hall–Kier alpha value is -1.64. The van der Waals surface area contributed by atoms with Crippen molar-refractivity contribution < 1.29 is 4.52 Å². The molecule has 2 aromatic rings. The maximum Gasteiger partial charge on any atom is 0.226 e. The second-order valence-electron chi connectivity index (χ2n) is 3.02. The van der Waals surface area contributed by atoms with Crippen LogP contribution in [-0.2, 0) is 12.8 Å². The molecule has 0 aliphatic carbocycles. The Morgan fingerprint density at radius 2 is 2.00 bits per heavy atom. The van der Waals surface area contributed by atoms with Gasteiger partial charge >= 0.3 is 0 Å². The van der Waals surface area contributed by atoms with Gasteiger partial charge in [0.25, 0.3) is 0 Å². The second-order valence-corrected chi connectivity index (χ2v) is 3.02. The molecule has 0 aliphatic rings. The van der Waals surface area contributed by atoms with E-state index < -0.39 is 0 Å². The summed E-state index contributed by atoms with van der Waals surface area (Å²) in [7, 11) is 0. The Kier molecular flexibility index (Phi) is 2.58. The van der Waals surface area contributed by atoms with Crippen LogP contribution in [0.2, 0.25) is 0 Å². The Labute approximate surface area is 82.8 Å². The fourth-order valence-electron chi connectivity index (χ4n) is 1.24. The van der Waals surface area contributed by atoms with Crippen molar-refractivity contribution in [3.8, 4) is 0 Å². The summed E-state index contributed by atoms with van der Waals surface area (Å²) in [6, 6.07) is 10.1. The van der Waals surface area contributed by atoms with Gasteiger partial charge in [0.05, 0.1) is 0 Å². The highest BCUT2D eigenvalue weighted by Gasteiger charge is 2.04. The van der Waals surface area contributed by atoms with Crippen LogP contribution in [0.5, 0.6) is 0 Å². The van der Waals surface area contributed by atoms with Crippen molar-refractivity contribution in [1.82, 2.24) is 10.1 Å². The number of nitrogens with zero attached hydrogens (tertiary/aromatic N) is 2. The zero-order valence-corrected chi connectivity index (χ0v) is 7.81. The molecule has 0 saturated carbocycles. The lowest BCUT2D eigenvalue weighted by molar-refractivity contribution is 0.381. The summed E-state index contributed by atoms with van der Waals surface area (Å²) < 4.78 is 4.96. The fourth-order valence-corrected chi connectivity index (χ4v) is 1.24. The second kappa shape index (κ2) is 4.05. The average molecular weight is 187 g/mol. The summed E-state index contributed by atoms with van der Waals surface area (Å²) in [6.07, 6.45) is 1.26. The normalized spacial score (nSPS) is 10.4. The number of hydrogen-bond acceptors (Lipinski definition) is 3. The summed E-state index contributed by atoms with van der Waals surface area (Å²) in [4.78, 5) is 4.18. The van der Waals surface area contributed by atoms with Crippen molar-refractivity contribution in [2.45, 2.75) is 12.8 Å². The third-order valence-electron chi connectivity index (χ3n) is 1.93. The van der Waals surface area contributed by atoms with E-state index in [9.17, 15) is 0 Å². The molecule has 0 amide bonds. The van der Waals surface area contributed by atoms with Crippen molar-refractivity contribution in [2.24, 2.45) is 0 Å². The molecule has 0 N–H and O–H groups in total. The van der Waals surface area contributed by atoms with Crippen LogP contribution in [-0.4, -0.2) is 10.1 Å². The monoisotopic (exact) mass is 187 g/mol. The van der Waals surface area contributed by atoms with Crippen LogP contribution >= 0.6 is 0 Å². The highest BCUT2D eigenvalue weighted by Crippen LogP contribution is 2.06. The predicted molar refractivity (Wildman–Crippen MR) is 52.6 cm³/mol. The SMILES string of the molecule is [CH2]Cc1nc(Cc2ccccc2)no1. The lowest BCUT2D eigenvalue weighted by atomic mass is 10.1. The van der Waals surface area contributed by atoms with Gasteiger partial charge < -0.3 is 4.52 Å². The first-order chi connectivity index (χ1) is 6.88. The van der Waals surface area contributed by atoms with Crippen LogP contribution in [0.3, 0.4) is 0 Å². The van der Waals surface area contributed by atoms with Gasteiger partial charge in [-0.05, 0) is 12.5 Å². The minimum Gasteiger partial charge on any atom is -0.339 e. The van der Waals surface area contributed by atoms with Crippen molar-refractivity contribution >= 4 is 0 Å². The molecule has 1 heterocycles. The third kappa shape index (κ3) is 1.99. The standard InChI is InChI=1S/C11H11N2O/c1-2-11-12-10(13-14-11)8-9-6-4-3-5-7-9/h3-7H,1-2,8H2. The number of rotatable bonds is 3. The summed E-state index contributed by atoms with van der Waals surface area (Å²) >= 11 is 0. The largest absolute Gasteiger partial charge is 0.339 e. The molecule has 0 spiro atoms. The number of hydrogen-bond donors (Lipinski definition) is 0. The van der Waals surface area contributed by atoms with Crippen LogP contribution in [0, 0.1) is 6.92 Å². The first kappa shape index (κ1) is 8.94. The van der Waals surface area contributed by atoms with E-state index in [1.807, 2.05) is 30.3 Å². The molecule has 14 heavy (non-hydrogen) atoms. The highest BCUT2D eigenvalue weighted by atomic mass is 16.5. The molecule has 3 nitrogen and oxygen atoms in total. The number of aromatic nitrogens is 2. The van der Waals surface area contributed by atoms with E-state index >= 15 is 0 Å². The summed E-state index contributed by atoms with van der Waals surface area (Å²) in [5, 5.41) is 3.86. The molecule has 1 radical (unpaired) electrons. The summed E-state index contributed by atoms with van der Waals surface area (Å²) in [6.45, 7) is 3.68. The van der Waals surface area contributed by atoms with Crippen LogP contribution in [0.25, 0.3) is 0 Å². The minimum absolute atomic E-state index is 0.543. The van der Waals surface area contributed by atoms with Crippen LogP contribution in [0.15, 0.2) is 34.9 Å². The van der Waals surface area contributed by atoms with Crippen LogP contribution < -0.4 is 0 Å². The van der Waals surface area contributed by atoms with E-state index in [1.54, 1.807) is 0 Å². The molecule has 71 valence electrons. The van der Waals surface area contributed by atoms with Gasteiger partial charge in [0.2, 0.25) is 5.89 Å². The van der Waals surface area contributed by atoms with Crippen LogP contribution in [0.4, 0.5) is 0 Å². The summed E-state index contributed by atoms with van der Waals surface area (Å²) in [5.41, 5.74) is 1.18. The Bertz CT molecular complexity index is 395. The quantitative estimate of drug-likeness (QED) is 0.738. The number of benzene rings is 1. The Morgan fingerprint density at radius 3 is 2.64 bits per heavy atom. The molecule has 0 atom stereocenters. The van der Waals surface area contributed by atoms with E-state index in [4.69, 9.17) is 4.52 Å². The molecule has 0 bridgehead atoms. The van der Waals surface area contributed by atoms with Gasteiger partial charge in [0, 0.05) is 12.8 Å². The van der Waals surface area contributed by atoms with Gasteiger partial charge in [-0.15, -0.1) is 0 Å².